The van der Waals surface area contributed by atoms with Crippen molar-refractivity contribution in [3.05, 3.63) is 12.2 Å². The van der Waals surface area contributed by atoms with E-state index < -0.39 is 0 Å². The van der Waals surface area contributed by atoms with Gasteiger partial charge in [-0.15, -0.1) is 0 Å². The summed E-state index contributed by atoms with van der Waals surface area (Å²) in [5.41, 5.74) is 0. The molecule has 0 atom stereocenters. The molecule has 0 radical (unpaired) electrons. The molecule has 0 aromatic heterocycles. The molecule has 2 saturated carbocycles. The largest absolute Gasteiger partial charge is 0.0914 e. The molecule has 0 aromatic rings. The summed E-state index contributed by atoms with van der Waals surface area (Å²) in [5, 5.41) is 0. The zero-order chi connectivity index (χ0) is 14.2. The first kappa shape index (κ1) is 16.1. The summed E-state index contributed by atoms with van der Waals surface area (Å²) in [7, 11) is 0. The Kier molecular flexibility index (Phi) is 7.17. The van der Waals surface area contributed by atoms with Gasteiger partial charge >= 0.3 is 0 Å². The van der Waals surface area contributed by atoms with E-state index >= 15 is 0 Å². The SMILES string of the molecule is C/C=C/C1CCC(C2CCC(CCCCC)CC2)CC1. The average Bonchev–Trinajstić information content (AvgIpc) is 2.49. The van der Waals surface area contributed by atoms with Crippen molar-refractivity contribution in [2.45, 2.75) is 90.9 Å². The van der Waals surface area contributed by atoms with E-state index in [0.717, 1.165) is 23.7 Å². The van der Waals surface area contributed by atoms with Crippen molar-refractivity contribution >= 4 is 0 Å². The van der Waals surface area contributed by atoms with Gasteiger partial charge in [0.05, 0.1) is 0 Å². The first-order valence-corrected chi connectivity index (χ1v) is 9.46. The summed E-state index contributed by atoms with van der Waals surface area (Å²) in [6, 6.07) is 0. The maximum atomic E-state index is 2.45. The van der Waals surface area contributed by atoms with Crippen molar-refractivity contribution in [3.63, 3.8) is 0 Å². The van der Waals surface area contributed by atoms with Gasteiger partial charge in [-0.3, -0.25) is 0 Å². The second kappa shape index (κ2) is 8.90. The van der Waals surface area contributed by atoms with Gasteiger partial charge in [-0.25, -0.2) is 0 Å². The zero-order valence-electron chi connectivity index (χ0n) is 13.9. The van der Waals surface area contributed by atoms with Crippen LogP contribution in [-0.2, 0) is 0 Å². The first-order chi connectivity index (χ1) is 9.83. The maximum absolute atomic E-state index is 2.45. The van der Waals surface area contributed by atoms with E-state index in [0.29, 0.717) is 0 Å². The molecule has 20 heavy (non-hydrogen) atoms. The van der Waals surface area contributed by atoms with Crippen molar-refractivity contribution < 1.29 is 0 Å². The Labute approximate surface area is 127 Å². The molecule has 0 amide bonds. The van der Waals surface area contributed by atoms with Gasteiger partial charge in [0.1, 0.15) is 0 Å². The highest BCUT2D eigenvalue weighted by Crippen LogP contribution is 2.42. The van der Waals surface area contributed by atoms with E-state index in [1.807, 2.05) is 0 Å². The van der Waals surface area contributed by atoms with Crippen molar-refractivity contribution in [1.29, 1.82) is 0 Å². The average molecular weight is 277 g/mol. The Morgan fingerprint density at radius 3 is 1.95 bits per heavy atom. The van der Waals surface area contributed by atoms with Crippen LogP contribution in [0.3, 0.4) is 0 Å². The topological polar surface area (TPSA) is 0 Å². The number of allylic oxidation sites excluding steroid dienone is 2. The number of unbranched alkanes of at least 4 members (excludes halogenated alkanes) is 2. The minimum atomic E-state index is 0.904. The fourth-order valence-electron chi connectivity index (χ4n) is 4.71. The van der Waals surface area contributed by atoms with Crippen LogP contribution in [0.5, 0.6) is 0 Å². The molecule has 2 aliphatic carbocycles. The van der Waals surface area contributed by atoms with Gasteiger partial charge < -0.3 is 0 Å². The molecular formula is C20H36. The quantitative estimate of drug-likeness (QED) is 0.371. The third-order valence-corrected chi connectivity index (χ3v) is 6.06. The molecule has 2 aliphatic rings. The Balaban J connectivity index is 1.64. The second-order valence-electron chi connectivity index (χ2n) is 7.48. The van der Waals surface area contributed by atoms with Crippen LogP contribution in [0.2, 0.25) is 0 Å². The summed E-state index contributed by atoms with van der Waals surface area (Å²) in [4.78, 5) is 0. The van der Waals surface area contributed by atoms with Gasteiger partial charge in [0, 0.05) is 0 Å². The molecule has 2 fully saturated rings. The maximum Gasteiger partial charge on any atom is -0.0233 e. The normalized spacial score (nSPS) is 35.5. The fraction of sp³-hybridized carbons (Fsp3) is 0.900. The predicted octanol–water partition coefficient (Wildman–Crippen LogP) is 6.76. The minimum Gasteiger partial charge on any atom is -0.0914 e. The molecule has 0 nitrogen and oxygen atoms in total. The van der Waals surface area contributed by atoms with Gasteiger partial charge in [-0.05, 0) is 69.1 Å². The zero-order valence-corrected chi connectivity index (χ0v) is 13.9. The highest BCUT2D eigenvalue weighted by Gasteiger charge is 2.29. The number of hydrogen-bond donors (Lipinski definition) is 0. The smallest absolute Gasteiger partial charge is 0.0233 e. The van der Waals surface area contributed by atoms with Crippen LogP contribution in [0, 0.1) is 23.7 Å². The van der Waals surface area contributed by atoms with E-state index in [1.54, 1.807) is 25.7 Å². The fourth-order valence-corrected chi connectivity index (χ4v) is 4.71. The Hall–Kier alpha value is -0.260. The van der Waals surface area contributed by atoms with Crippen LogP contribution in [0.25, 0.3) is 0 Å². The molecule has 0 aliphatic heterocycles. The van der Waals surface area contributed by atoms with Gasteiger partial charge in [-0.2, -0.15) is 0 Å². The van der Waals surface area contributed by atoms with E-state index in [9.17, 15) is 0 Å². The third-order valence-electron chi connectivity index (χ3n) is 6.06. The van der Waals surface area contributed by atoms with Crippen molar-refractivity contribution in [1.82, 2.24) is 0 Å². The summed E-state index contributed by atoms with van der Waals surface area (Å²) in [6.07, 6.45) is 22.7. The molecule has 0 unspecified atom stereocenters. The van der Waals surface area contributed by atoms with Crippen LogP contribution >= 0.6 is 0 Å². The van der Waals surface area contributed by atoms with E-state index in [2.05, 4.69) is 26.0 Å². The van der Waals surface area contributed by atoms with Crippen LogP contribution in [-0.4, -0.2) is 0 Å². The molecule has 116 valence electrons. The highest BCUT2D eigenvalue weighted by atomic mass is 14.4. The van der Waals surface area contributed by atoms with E-state index in [-0.39, 0.29) is 0 Å². The molecule has 0 aromatic carbocycles. The molecule has 0 bridgehead atoms. The lowest BCUT2D eigenvalue weighted by Crippen LogP contribution is -2.25. The Morgan fingerprint density at radius 2 is 1.40 bits per heavy atom. The number of hydrogen-bond acceptors (Lipinski definition) is 0. The molecule has 0 spiro atoms. The van der Waals surface area contributed by atoms with Crippen molar-refractivity contribution in [2.24, 2.45) is 23.7 Å². The molecule has 0 heteroatoms. The second-order valence-corrected chi connectivity index (χ2v) is 7.48. The molecular weight excluding hydrogens is 240 g/mol. The summed E-state index contributed by atoms with van der Waals surface area (Å²) in [6.45, 7) is 4.49. The van der Waals surface area contributed by atoms with Crippen molar-refractivity contribution in [3.8, 4) is 0 Å². The predicted molar refractivity (Wildman–Crippen MR) is 89.9 cm³/mol. The Morgan fingerprint density at radius 1 is 0.800 bits per heavy atom. The molecule has 0 N–H and O–H groups in total. The van der Waals surface area contributed by atoms with Crippen LogP contribution in [0.1, 0.15) is 90.9 Å². The van der Waals surface area contributed by atoms with Crippen LogP contribution in [0.4, 0.5) is 0 Å². The van der Waals surface area contributed by atoms with E-state index in [4.69, 9.17) is 0 Å². The molecule has 0 heterocycles. The lowest BCUT2D eigenvalue weighted by atomic mass is 9.68. The number of rotatable bonds is 6. The lowest BCUT2D eigenvalue weighted by molar-refractivity contribution is 0.151. The van der Waals surface area contributed by atoms with Crippen molar-refractivity contribution in [2.75, 3.05) is 0 Å². The van der Waals surface area contributed by atoms with Gasteiger partial charge in [0.2, 0.25) is 0 Å². The summed E-state index contributed by atoms with van der Waals surface area (Å²) >= 11 is 0. The summed E-state index contributed by atoms with van der Waals surface area (Å²) < 4.78 is 0. The van der Waals surface area contributed by atoms with Crippen LogP contribution < -0.4 is 0 Å². The van der Waals surface area contributed by atoms with Gasteiger partial charge in [0.15, 0.2) is 0 Å². The lowest BCUT2D eigenvalue weighted by Gasteiger charge is -2.37. The monoisotopic (exact) mass is 276 g/mol. The molecule has 0 saturated heterocycles. The van der Waals surface area contributed by atoms with Gasteiger partial charge in [0.25, 0.3) is 0 Å². The Bertz CT molecular complexity index is 262. The van der Waals surface area contributed by atoms with Crippen LogP contribution in [0.15, 0.2) is 12.2 Å². The minimum absolute atomic E-state index is 0.904. The van der Waals surface area contributed by atoms with Gasteiger partial charge in [-0.1, -0.05) is 57.6 Å². The highest BCUT2D eigenvalue weighted by molar-refractivity contribution is 4.90. The first-order valence-electron chi connectivity index (χ1n) is 9.46. The third kappa shape index (κ3) is 4.93. The molecule has 2 rings (SSSR count). The summed E-state index contributed by atoms with van der Waals surface area (Å²) in [5.74, 6) is 4.15. The standard InChI is InChI=1S/C20H36/c1-3-5-6-8-18-11-15-20(16-12-18)19-13-9-17(7-4-2)10-14-19/h4,7,17-20H,3,5-6,8-16H2,1-2H3/b7-4+. The van der Waals surface area contributed by atoms with E-state index in [1.165, 1.54) is 51.4 Å².